The molecule has 0 N–H and O–H groups in total. The first-order valence-corrected chi connectivity index (χ1v) is 10.4. The Hall–Kier alpha value is -1.68. The van der Waals surface area contributed by atoms with Crippen molar-refractivity contribution in [1.82, 2.24) is 0 Å². The van der Waals surface area contributed by atoms with Gasteiger partial charge in [-0.2, -0.15) is 4.89 Å². The highest BCUT2D eigenvalue weighted by atomic mass is 17.2. The minimum Gasteiger partial charge on any atom is -0.344 e. The van der Waals surface area contributed by atoms with Gasteiger partial charge in [-0.05, 0) is 71.9 Å². The Morgan fingerprint density at radius 3 is 2.26 bits per heavy atom. The molecule has 5 aliphatic rings. The van der Waals surface area contributed by atoms with Crippen molar-refractivity contribution in [2.24, 2.45) is 23.7 Å². The highest BCUT2D eigenvalue weighted by Gasteiger charge is 2.61. The van der Waals surface area contributed by atoms with Gasteiger partial charge in [0, 0.05) is 11.8 Å². The van der Waals surface area contributed by atoms with Crippen LogP contribution < -0.4 is 0 Å². The van der Waals surface area contributed by atoms with Gasteiger partial charge in [-0.1, -0.05) is 43.0 Å². The third-order valence-corrected chi connectivity index (χ3v) is 7.54. The highest BCUT2D eigenvalue weighted by molar-refractivity contribution is 5.86. The molecule has 0 amide bonds. The van der Waals surface area contributed by atoms with Gasteiger partial charge in [0.2, 0.25) is 5.79 Å². The predicted octanol–water partition coefficient (Wildman–Crippen LogP) is 5.35. The van der Waals surface area contributed by atoms with E-state index in [2.05, 4.69) is 49.0 Å². The standard InChI is InChI=1S/C24H26O3/c1-15(19-7-6-18-4-2-3-5-20(18)13-19)23-14-25-24(27-26-23)21-9-16-8-17(11-21)12-22(24)10-16/h2-7,13,16-17,21-23H,1,8-12,14H2. The minimum atomic E-state index is -0.492. The molecule has 5 fully saturated rings. The Balaban J connectivity index is 1.21. The van der Waals surface area contributed by atoms with Gasteiger partial charge in [0.25, 0.3) is 0 Å². The summed E-state index contributed by atoms with van der Waals surface area (Å²) in [7, 11) is 0. The summed E-state index contributed by atoms with van der Waals surface area (Å²) in [5.74, 6) is 2.28. The monoisotopic (exact) mass is 362 g/mol. The minimum absolute atomic E-state index is 0.242. The van der Waals surface area contributed by atoms with E-state index >= 15 is 0 Å². The maximum absolute atomic E-state index is 6.48. The van der Waals surface area contributed by atoms with Crippen molar-refractivity contribution in [2.75, 3.05) is 6.61 Å². The van der Waals surface area contributed by atoms with Crippen molar-refractivity contribution in [3.63, 3.8) is 0 Å². The smallest absolute Gasteiger partial charge is 0.207 e. The van der Waals surface area contributed by atoms with Gasteiger partial charge in [0.15, 0.2) is 0 Å². The Labute approximate surface area is 160 Å². The van der Waals surface area contributed by atoms with Gasteiger partial charge in [-0.15, -0.1) is 0 Å². The molecule has 7 rings (SSSR count). The van der Waals surface area contributed by atoms with Crippen molar-refractivity contribution in [3.8, 4) is 0 Å². The molecule has 140 valence electrons. The molecule has 4 bridgehead atoms. The molecule has 0 aromatic heterocycles. The van der Waals surface area contributed by atoms with Crippen molar-refractivity contribution >= 4 is 16.3 Å². The van der Waals surface area contributed by atoms with Crippen LogP contribution in [-0.2, 0) is 14.5 Å². The largest absolute Gasteiger partial charge is 0.344 e. The molecule has 2 aromatic rings. The summed E-state index contributed by atoms with van der Waals surface area (Å²) < 4.78 is 6.48. The van der Waals surface area contributed by atoms with Crippen LogP contribution in [0.5, 0.6) is 0 Å². The molecule has 3 heteroatoms. The summed E-state index contributed by atoms with van der Waals surface area (Å²) in [5, 5.41) is 2.45. The summed E-state index contributed by atoms with van der Waals surface area (Å²) >= 11 is 0. The lowest BCUT2D eigenvalue weighted by molar-refractivity contribution is -0.517. The van der Waals surface area contributed by atoms with Gasteiger partial charge < -0.3 is 4.74 Å². The number of hydrogen-bond acceptors (Lipinski definition) is 3. The van der Waals surface area contributed by atoms with Crippen LogP contribution >= 0.6 is 0 Å². The first-order valence-electron chi connectivity index (χ1n) is 10.4. The molecule has 27 heavy (non-hydrogen) atoms. The zero-order chi connectivity index (χ0) is 18.0. The van der Waals surface area contributed by atoms with E-state index in [0.717, 1.165) is 23.0 Å². The zero-order valence-corrected chi connectivity index (χ0v) is 15.6. The van der Waals surface area contributed by atoms with Crippen LogP contribution in [0.25, 0.3) is 16.3 Å². The Morgan fingerprint density at radius 2 is 1.59 bits per heavy atom. The molecule has 1 spiro atoms. The predicted molar refractivity (Wildman–Crippen MR) is 105 cm³/mol. The Bertz CT molecular complexity index is 863. The number of ether oxygens (including phenoxy) is 1. The van der Waals surface area contributed by atoms with Gasteiger partial charge in [-0.3, -0.25) is 0 Å². The van der Waals surface area contributed by atoms with Gasteiger partial charge in [0.05, 0.1) is 6.61 Å². The molecule has 1 heterocycles. The lowest BCUT2D eigenvalue weighted by Gasteiger charge is -2.60. The van der Waals surface area contributed by atoms with Crippen LogP contribution in [0.2, 0.25) is 0 Å². The van der Waals surface area contributed by atoms with Crippen LogP contribution in [0.15, 0.2) is 49.0 Å². The van der Waals surface area contributed by atoms with E-state index < -0.39 is 5.79 Å². The van der Waals surface area contributed by atoms with Gasteiger partial charge in [-0.25, -0.2) is 4.89 Å². The molecule has 4 aliphatic carbocycles. The summed E-state index contributed by atoms with van der Waals surface area (Å²) in [6, 6.07) is 14.8. The first kappa shape index (κ1) is 16.3. The third kappa shape index (κ3) is 2.45. The lowest BCUT2D eigenvalue weighted by Crippen LogP contribution is -2.63. The Kier molecular flexibility index (Phi) is 3.56. The van der Waals surface area contributed by atoms with Crippen LogP contribution in [0.1, 0.15) is 37.7 Å². The van der Waals surface area contributed by atoms with Crippen molar-refractivity contribution in [1.29, 1.82) is 0 Å². The number of benzene rings is 2. The SMILES string of the molecule is C=C(c1ccc2ccccc2c1)C1COC2(OO1)C1CC3CC(C1)CC2C3. The maximum Gasteiger partial charge on any atom is 0.207 e. The lowest BCUT2D eigenvalue weighted by atomic mass is 9.53. The molecular formula is C24H26O3. The molecular weight excluding hydrogens is 336 g/mol. The molecule has 3 nitrogen and oxygen atoms in total. The van der Waals surface area contributed by atoms with E-state index in [-0.39, 0.29) is 6.10 Å². The molecule has 1 aliphatic heterocycles. The average molecular weight is 362 g/mol. The van der Waals surface area contributed by atoms with E-state index in [1.807, 2.05) is 0 Å². The second-order valence-corrected chi connectivity index (χ2v) is 9.09. The van der Waals surface area contributed by atoms with E-state index in [0.29, 0.717) is 18.4 Å². The number of fused-ring (bicyclic) bond motifs is 1. The van der Waals surface area contributed by atoms with E-state index in [1.54, 1.807) is 0 Å². The van der Waals surface area contributed by atoms with Crippen LogP contribution in [0.3, 0.4) is 0 Å². The fourth-order valence-electron chi connectivity index (χ4n) is 6.34. The number of hydrogen-bond donors (Lipinski definition) is 0. The van der Waals surface area contributed by atoms with Gasteiger partial charge in [0.1, 0.15) is 6.10 Å². The summed E-state index contributed by atoms with van der Waals surface area (Å²) in [5.41, 5.74) is 2.02. The summed E-state index contributed by atoms with van der Waals surface area (Å²) in [4.78, 5) is 12.1. The van der Waals surface area contributed by atoms with Crippen LogP contribution in [-0.4, -0.2) is 18.5 Å². The second-order valence-electron chi connectivity index (χ2n) is 9.09. The van der Waals surface area contributed by atoms with E-state index in [4.69, 9.17) is 14.5 Å². The Morgan fingerprint density at radius 1 is 0.889 bits per heavy atom. The summed E-state index contributed by atoms with van der Waals surface area (Å²) in [6.45, 7) is 4.83. The average Bonchev–Trinajstić information content (AvgIpc) is 2.71. The topological polar surface area (TPSA) is 27.7 Å². The van der Waals surface area contributed by atoms with Crippen LogP contribution in [0, 0.1) is 23.7 Å². The maximum atomic E-state index is 6.48. The summed E-state index contributed by atoms with van der Waals surface area (Å²) in [6.07, 6.45) is 6.15. The van der Waals surface area contributed by atoms with E-state index in [9.17, 15) is 0 Å². The molecule has 4 saturated carbocycles. The quantitative estimate of drug-likeness (QED) is 0.674. The molecule has 1 saturated heterocycles. The molecule has 2 aromatic carbocycles. The normalized spacial score (nSPS) is 39.9. The third-order valence-electron chi connectivity index (χ3n) is 7.54. The first-order chi connectivity index (χ1) is 13.2. The van der Waals surface area contributed by atoms with Crippen molar-refractivity contribution in [3.05, 3.63) is 54.6 Å². The number of rotatable bonds is 2. The van der Waals surface area contributed by atoms with E-state index in [1.165, 1.54) is 42.9 Å². The van der Waals surface area contributed by atoms with Crippen LogP contribution in [0.4, 0.5) is 0 Å². The fraction of sp³-hybridized carbons (Fsp3) is 0.500. The second kappa shape index (κ2) is 5.91. The highest BCUT2D eigenvalue weighted by Crippen LogP contribution is 2.60. The molecule has 1 unspecified atom stereocenters. The molecule has 0 radical (unpaired) electrons. The van der Waals surface area contributed by atoms with Crippen molar-refractivity contribution < 1.29 is 14.5 Å². The fourth-order valence-corrected chi connectivity index (χ4v) is 6.34. The van der Waals surface area contributed by atoms with Gasteiger partial charge >= 0.3 is 0 Å². The van der Waals surface area contributed by atoms with Crippen molar-refractivity contribution in [2.45, 2.75) is 44.0 Å². The zero-order valence-electron chi connectivity index (χ0n) is 15.6. The molecule has 1 atom stereocenters.